The lowest BCUT2D eigenvalue weighted by Gasteiger charge is -2.44. The lowest BCUT2D eigenvalue weighted by atomic mass is 9.63. The first-order valence-corrected chi connectivity index (χ1v) is 13.6. The van der Waals surface area contributed by atoms with Crippen LogP contribution in [-0.4, -0.2) is 32.6 Å². The molecule has 1 aliphatic heterocycles. The zero-order valence-electron chi connectivity index (χ0n) is 20.7. The number of anilines is 1. The molecule has 6 rings (SSSR count). The molecule has 1 aromatic heterocycles. The number of halogens is 2. The molecule has 2 saturated carbocycles. The first kappa shape index (κ1) is 24.0. The van der Waals surface area contributed by atoms with Gasteiger partial charge >= 0.3 is 0 Å². The largest absolute Gasteiger partial charge is 0.320 e. The standard InChI is InChI=1S/C28H31Cl2N5O/c1-17(31-14-18-5-3-6-18)19-9-23-24(25(30)10-19)15-35(26(23)36)22-8-4-7-20(11-22)28(12-21(29)13-28)27-33-32-16-34(27)2/h4,7-11,16-18,21,31H,3,5-6,12-15H2,1-2H3/t17-,21?,28?/m0/s1. The number of amides is 1. The second-order valence-electron chi connectivity index (χ2n) is 10.8. The minimum atomic E-state index is -0.296. The predicted molar refractivity (Wildman–Crippen MR) is 143 cm³/mol. The molecule has 2 aromatic carbocycles. The van der Waals surface area contributed by atoms with Gasteiger partial charge in [0.25, 0.3) is 5.91 Å². The molecule has 1 N–H and O–H groups in total. The smallest absolute Gasteiger partial charge is 0.258 e. The van der Waals surface area contributed by atoms with Crippen molar-refractivity contribution in [1.82, 2.24) is 20.1 Å². The number of aromatic nitrogens is 3. The Morgan fingerprint density at radius 2 is 2.03 bits per heavy atom. The molecule has 0 radical (unpaired) electrons. The number of alkyl halides is 1. The molecule has 0 unspecified atom stereocenters. The van der Waals surface area contributed by atoms with Crippen LogP contribution in [0.15, 0.2) is 42.7 Å². The maximum atomic E-state index is 13.6. The van der Waals surface area contributed by atoms with Crippen LogP contribution in [0.2, 0.25) is 5.02 Å². The maximum Gasteiger partial charge on any atom is 0.258 e. The van der Waals surface area contributed by atoms with Gasteiger partial charge in [-0.1, -0.05) is 30.2 Å². The highest BCUT2D eigenvalue weighted by atomic mass is 35.5. The van der Waals surface area contributed by atoms with Crippen LogP contribution in [0.25, 0.3) is 0 Å². The number of hydrogen-bond acceptors (Lipinski definition) is 4. The molecule has 3 aromatic rings. The number of hydrogen-bond donors (Lipinski definition) is 1. The van der Waals surface area contributed by atoms with Gasteiger partial charge in [0, 0.05) is 40.3 Å². The van der Waals surface area contributed by atoms with Crippen LogP contribution in [0.5, 0.6) is 0 Å². The van der Waals surface area contributed by atoms with Crippen LogP contribution < -0.4 is 10.2 Å². The Balaban J connectivity index is 1.28. The van der Waals surface area contributed by atoms with Crippen molar-refractivity contribution in [1.29, 1.82) is 0 Å². The van der Waals surface area contributed by atoms with E-state index in [9.17, 15) is 4.79 Å². The topological polar surface area (TPSA) is 63.1 Å². The minimum Gasteiger partial charge on any atom is -0.320 e. The van der Waals surface area contributed by atoms with Crippen LogP contribution in [-0.2, 0) is 19.0 Å². The van der Waals surface area contributed by atoms with Gasteiger partial charge in [0.1, 0.15) is 12.2 Å². The number of carbonyl (C=O) groups excluding carboxylic acids is 1. The van der Waals surface area contributed by atoms with Crippen LogP contribution in [0.4, 0.5) is 5.69 Å². The number of fused-ring (bicyclic) bond motifs is 1. The van der Waals surface area contributed by atoms with Crippen LogP contribution >= 0.6 is 23.2 Å². The predicted octanol–water partition coefficient (Wildman–Crippen LogP) is 5.77. The fourth-order valence-corrected chi connectivity index (χ4v) is 6.75. The number of benzene rings is 2. The van der Waals surface area contributed by atoms with E-state index < -0.39 is 0 Å². The lowest BCUT2D eigenvalue weighted by Crippen LogP contribution is -2.45. The van der Waals surface area contributed by atoms with Gasteiger partial charge in [-0.2, -0.15) is 0 Å². The molecule has 6 nitrogen and oxygen atoms in total. The van der Waals surface area contributed by atoms with Gasteiger partial charge in [0.15, 0.2) is 0 Å². The van der Waals surface area contributed by atoms with Crippen molar-refractivity contribution in [2.75, 3.05) is 11.4 Å². The van der Waals surface area contributed by atoms with Gasteiger partial charge in [-0.25, -0.2) is 0 Å². The molecule has 0 bridgehead atoms. The Kier molecular flexibility index (Phi) is 6.09. The summed E-state index contributed by atoms with van der Waals surface area (Å²) >= 11 is 13.2. The van der Waals surface area contributed by atoms with Crippen molar-refractivity contribution in [2.45, 2.75) is 62.4 Å². The van der Waals surface area contributed by atoms with Gasteiger partial charge in [-0.3, -0.25) is 4.79 Å². The summed E-state index contributed by atoms with van der Waals surface area (Å²) in [5.41, 5.74) is 4.34. The molecular weight excluding hydrogens is 493 g/mol. The van der Waals surface area contributed by atoms with Gasteiger partial charge < -0.3 is 14.8 Å². The van der Waals surface area contributed by atoms with Gasteiger partial charge in [-0.05, 0) is 80.5 Å². The Morgan fingerprint density at radius 1 is 1.22 bits per heavy atom. The fraction of sp³-hybridized carbons (Fsp3) is 0.464. The highest BCUT2D eigenvalue weighted by molar-refractivity contribution is 6.32. The van der Waals surface area contributed by atoms with Gasteiger partial charge in [0.05, 0.1) is 12.0 Å². The van der Waals surface area contributed by atoms with Crippen molar-refractivity contribution < 1.29 is 4.79 Å². The van der Waals surface area contributed by atoms with Gasteiger partial charge in [-0.15, -0.1) is 21.8 Å². The van der Waals surface area contributed by atoms with Crippen molar-refractivity contribution >= 4 is 34.8 Å². The molecule has 0 saturated heterocycles. The second-order valence-corrected chi connectivity index (χ2v) is 11.8. The van der Waals surface area contributed by atoms with E-state index in [0.717, 1.165) is 53.5 Å². The van der Waals surface area contributed by atoms with E-state index in [4.69, 9.17) is 23.2 Å². The van der Waals surface area contributed by atoms with Crippen molar-refractivity contribution in [3.05, 3.63) is 75.8 Å². The summed E-state index contributed by atoms with van der Waals surface area (Å²) in [6.45, 7) is 3.63. The molecule has 36 heavy (non-hydrogen) atoms. The first-order valence-electron chi connectivity index (χ1n) is 12.8. The summed E-state index contributed by atoms with van der Waals surface area (Å²) < 4.78 is 1.97. The molecule has 2 fully saturated rings. The van der Waals surface area contributed by atoms with E-state index in [-0.39, 0.29) is 22.7 Å². The Labute approximate surface area is 222 Å². The highest BCUT2D eigenvalue weighted by Crippen LogP contribution is 2.51. The lowest BCUT2D eigenvalue weighted by molar-refractivity contribution is 0.0996. The van der Waals surface area contributed by atoms with Crippen molar-refractivity contribution in [3.8, 4) is 0 Å². The second kappa shape index (κ2) is 9.16. The quantitative estimate of drug-likeness (QED) is 0.399. The maximum absolute atomic E-state index is 13.6. The minimum absolute atomic E-state index is 0.00590. The first-order chi connectivity index (χ1) is 17.4. The average molecular weight is 524 g/mol. The normalized spacial score (nSPS) is 24.4. The van der Waals surface area contributed by atoms with Gasteiger partial charge in [0.2, 0.25) is 0 Å². The summed E-state index contributed by atoms with van der Waals surface area (Å²) in [4.78, 5) is 15.5. The monoisotopic (exact) mass is 523 g/mol. The third-order valence-corrected chi connectivity index (χ3v) is 9.08. The third kappa shape index (κ3) is 3.94. The van der Waals surface area contributed by atoms with E-state index in [1.165, 1.54) is 19.3 Å². The Bertz CT molecular complexity index is 1310. The van der Waals surface area contributed by atoms with E-state index >= 15 is 0 Å². The molecule has 1 atom stereocenters. The zero-order chi connectivity index (χ0) is 25.0. The van der Waals surface area contributed by atoms with Crippen molar-refractivity contribution in [2.24, 2.45) is 13.0 Å². The van der Waals surface area contributed by atoms with E-state index in [1.54, 1.807) is 6.33 Å². The van der Waals surface area contributed by atoms with E-state index in [2.05, 4.69) is 34.6 Å². The Morgan fingerprint density at radius 3 is 2.69 bits per heavy atom. The number of nitrogens with zero attached hydrogens (tertiary/aromatic N) is 4. The van der Waals surface area contributed by atoms with Crippen LogP contribution in [0.1, 0.15) is 77.9 Å². The molecule has 0 spiro atoms. The van der Waals surface area contributed by atoms with Crippen LogP contribution in [0, 0.1) is 5.92 Å². The summed E-state index contributed by atoms with van der Waals surface area (Å²) in [6.07, 6.45) is 7.26. The Hall–Kier alpha value is -2.41. The fourth-order valence-electron chi connectivity index (χ4n) is 5.93. The summed E-state index contributed by atoms with van der Waals surface area (Å²) in [7, 11) is 1.96. The third-order valence-electron chi connectivity index (χ3n) is 8.44. The number of carbonyl (C=O) groups is 1. The average Bonchev–Trinajstić information content (AvgIpc) is 3.39. The molecule has 8 heteroatoms. The van der Waals surface area contributed by atoms with Crippen molar-refractivity contribution in [3.63, 3.8) is 0 Å². The molecule has 2 heterocycles. The van der Waals surface area contributed by atoms with Crippen LogP contribution in [0.3, 0.4) is 0 Å². The summed E-state index contributed by atoms with van der Waals surface area (Å²) in [5.74, 6) is 1.67. The zero-order valence-corrected chi connectivity index (χ0v) is 22.2. The number of rotatable bonds is 7. The van der Waals surface area contributed by atoms with E-state index in [0.29, 0.717) is 17.1 Å². The number of nitrogens with one attached hydrogen (secondary N) is 1. The SMILES string of the molecule is C[C@H](NCC1CCC1)c1cc(Cl)c2c(c1)C(=O)N(c1cccc(C3(c4nncn4C)CC(Cl)C3)c1)C2. The molecule has 2 aliphatic carbocycles. The number of aryl methyl sites for hydroxylation is 1. The molecular formula is C28H31Cl2N5O. The molecule has 1 amide bonds. The highest BCUT2D eigenvalue weighted by Gasteiger charge is 2.49. The summed E-state index contributed by atoms with van der Waals surface area (Å²) in [6, 6.07) is 12.4. The molecule has 3 aliphatic rings. The molecule has 188 valence electrons. The summed E-state index contributed by atoms with van der Waals surface area (Å²) in [5, 5.41) is 12.9. The van der Waals surface area contributed by atoms with E-state index in [1.807, 2.05) is 40.8 Å².